The lowest BCUT2D eigenvalue weighted by Gasteiger charge is -2.36. The number of aromatic amines is 1. The Labute approximate surface area is 79.6 Å². The van der Waals surface area contributed by atoms with E-state index in [0.717, 1.165) is 11.3 Å². The Morgan fingerprint density at radius 2 is 2.21 bits per heavy atom. The van der Waals surface area contributed by atoms with E-state index in [9.17, 15) is 5.11 Å². The average molecular weight is 191 g/mol. The summed E-state index contributed by atoms with van der Waals surface area (Å²) in [4.78, 5) is 17.2. The molecular formula is C8H9N5O. The molecule has 6 nitrogen and oxygen atoms in total. The van der Waals surface area contributed by atoms with Crippen molar-refractivity contribution in [3.8, 4) is 0 Å². The molecule has 0 amide bonds. The van der Waals surface area contributed by atoms with Crippen molar-refractivity contribution in [3.63, 3.8) is 0 Å². The molecule has 72 valence electrons. The predicted octanol–water partition coefficient (Wildman–Crippen LogP) is -0.466. The predicted molar refractivity (Wildman–Crippen MR) is 49.9 cm³/mol. The van der Waals surface area contributed by atoms with Gasteiger partial charge in [0.05, 0.1) is 12.4 Å². The lowest BCUT2D eigenvalue weighted by molar-refractivity contribution is 0.141. The molecule has 0 aliphatic carbocycles. The number of aromatic nitrogens is 4. The molecule has 3 heterocycles. The van der Waals surface area contributed by atoms with Crippen molar-refractivity contribution in [2.75, 3.05) is 18.0 Å². The van der Waals surface area contributed by atoms with Crippen molar-refractivity contribution in [1.29, 1.82) is 0 Å². The smallest absolute Gasteiger partial charge is 0.182 e. The van der Waals surface area contributed by atoms with Crippen LogP contribution in [-0.4, -0.2) is 44.2 Å². The number of hydrogen-bond acceptors (Lipinski definition) is 5. The van der Waals surface area contributed by atoms with Gasteiger partial charge in [-0.05, 0) is 0 Å². The van der Waals surface area contributed by atoms with Gasteiger partial charge in [0, 0.05) is 13.1 Å². The molecule has 0 bridgehead atoms. The van der Waals surface area contributed by atoms with Crippen molar-refractivity contribution < 1.29 is 5.11 Å². The first-order chi connectivity index (χ1) is 6.84. The molecular weight excluding hydrogens is 182 g/mol. The lowest BCUT2D eigenvalue weighted by Crippen LogP contribution is -2.51. The highest BCUT2D eigenvalue weighted by atomic mass is 16.3. The van der Waals surface area contributed by atoms with Crippen LogP contribution in [0.1, 0.15) is 0 Å². The Morgan fingerprint density at radius 1 is 1.36 bits per heavy atom. The van der Waals surface area contributed by atoms with Gasteiger partial charge >= 0.3 is 0 Å². The molecule has 2 N–H and O–H groups in total. The monoisotopic (exact) mass is 191 g/mol. The van der Waals surface area contributed by atoms with E-state index in [0.29, 0.717) is 18.7 Å². The number of nitrogens with zero attached hydrogens (tertiary/aromatic N) is 4. The fourth-order valence-corrected chi connectivity index (χ4v) is 1.62. The quantitative estimate of drug-likeness (QED) is 0.637. The van der Waals surface area contributed by atoms with Crippen LogP contribution in [0.15, 0.2) is 12.7 Å². The Bertz CT molecular complexity index is 461. The summed E-state index contributed by atoms with van der Waals surface area (Å²) in [5.41, 5.74) is 1.50. The highest BCUT2D eigenvalue weighted by Gasteiger charge is 2.27. The van der Waals surface area contributed by atoms with Crippen LogP contribution in [0.2, 0.25) is 0 Å². The van der Waals surface area contributed by atoms with Crippen LogP contribution in [0.25, 0.3) is 11.2 Å². The minimum Gasteiger partial charge on any atom is -0.389 e. The molecule has 0 aromatic carbocycles. The maximum absolute atomic E-state index is 9.19. The minimum absolute atomic E-state index is 0.233. The van der Waals surface area contributed by atoms with E-state index >= 15 is 0 Å². The molecule has 6 heteroatoms. The van der Waals surface area contributed by atoms with Crippen LogP contribution in [0.3, 0.4) is 0 Å². The number of β-amino-alcohol motifs (C(OH)–C–C–N with tert-alkyl or cyclic N) is 1. The summed E-state index contributed by atoms with van der Waals surface area (Å²) in [5, 5.41) is 9.19. The molecule has 0 radical (unpaired) electrons. The van der Waals surface area contributed by atoms with E-state index < -0.39 is 0 Å². The molecule has 2 aromatic rings. The van der Waals surface area contributed by atoms with Gasteiger partial charge in [0.25, 0.3) is 0 Å². The van der Waals surface area contributed by atoms with E-state index in [-0.39, 0.29) is 6.10 Å². The zero-order valence-electron chi connectivity index (χ0n) is 7.38. The molecule has 1 aliphatic rings. The van der Waals surface area contributed by atoms with Crippen LogP contribution >= 0.6 is 0 Å². The van der Waals surface area contributed by atoms with Crippen molar-refractivity contribution in [1.82, 2.24) is 19.9 Å². The van der Waals surface area contributed by atoms with Gasteiger partial charge in [-0.25, -0.2) is 15.0 Å². The first-order valence-corrected chi connectivity index (χ1v) is 4.41. The highest BCUT2D eigenvalue weighted by Crippen LogP contribution is 2.23. The summed E-state index contributed by atoms with van der Waals surface area (Å²) in [5.74, 6) is 0.817. The van der Waals surface area contributed by atoms with Gasteiger partial charge in [0.1, 0.15) is 11.8 Å². The van der Waals surface area contributed by atoms with Gasteiger partial charge < -0.3 is 15.0 Å². The summed E-state index contributed by atoms with van der Waals surface area (Å²) < 4.78 is 0. The summed E-state index contributed by atoms with van der Waals surface area (Å²) >= 11 is 0. The van der Waals surface area contributed by atoms with Crippen molar-refractivity contribution in [3.05, 3.63) is 12.7 Å². The Kier molecular flexibility index (Phi) is 1.45. The van der Waals surface area contributed by atoms with Crippen LogP contribution in [0.4, 0.5) is 5.82 Å². The van der Waals surface area contributed by atoms with Crippen LogP contribution in [-0.2, 0) is 0 Å². The highest BCUT2D eigenvalue weighted by molar-refractivity contribution is 5.83. The molecule has 1 fully saturated rings. The first-order valence-electron chi connectivity index (χ1n) is 4.41. The average Bonchev–Trinajstić information content (AvgIpc) is 2.60. The van der Waals surface area contributed by atoms with Gasteiger partial charge in [0.15, 0.2) is 11.5 Å². The van der Waals surface area contributed by atoms with Crippen molar-refractivity contribution in [2.24, 2.45) is 0 Å². The number of fused-ring (bicyclic) bond motifs is 1. The maximum atomic E-state index is 9.19. The molecule has 3 rings (SSSR count). The lowest BCUT2D eigenvalue weighted by atomic mass is 10.2. The van der Waals surface area contributed by atoms with Crippen molar-refractivity contribution in [2.45, 2.75) is 6.10 Å². The zero-order chi connectivity index (χ0) is 9.54. The van der Waals surface area contributed by atoms with Gasteiger partial charge in [-0.2, -0.15) is 0 Å². The van der Waals surface area contributed by atoms with E-state index in [4.69, 9.17) is 0 Å². The van der Waals surface area contributed by atoms with E-state index in [1.54, 1.807) is 6.33 Å². The van der Waals surface area contributed by atoms with Gasteiger partial charge in [-0.1, -0.05) is 0 Å². The Balaban J connectivity index is 2.07. The normalized spacial score (nSPS) is 17.4. The number of H-pyrrole nitrogens is 1. The number of rotatable bonds is 1. The van der Waals surface area contributed by atoms with Crippen LogP contribution in [0.5, 0.6) is 0 Å². The molecule has 0 spiro atoms. The number of imidazole rings is 1. The Hall–Kier alpha value is -1.69. The molecule has 0 unspecified atom stereocenters. The number of aliphatic hydroxyl groups excluding tert-OH is 1. The third-order valence-electron chi connectivity index (χ3n) is 2.36. The van der Waals surface area contributed by atoms with E-state index in [2.05, 4.69) is 19.9 Å². The molecule has 0 atom stereocenters. The van der Waals surface area contributed by atoms with Crippen LogP contribution in [0, 0.1) is 0 Å². The van der Waals surface area contributed by atoms with E-state index in [1.165, 1.54) is 6.33 Å². The number of nitrogens with one attached hydrogen (secondary N) is 1. The molecule has 1 saturated heterocycles. The minimum atomic E-state index is -0.233. The van der Waals surface area contributed by atoms with Crippen LogP contribution < -0.4 is 4.90 Å². The second kappa shape index (κ2) is 2.65. The first kappa shape index (κ1) is 7.69. The molecule has 2 aromatic heterocycles. The number of aliphatic hydroxyl groups is 1. The maximum Gasteiger partial charge on any atom is 0.182 e. The second-order valence-corrected chi connectivity index (χ2v) is 3.36. The summed E-state index contributed by atoms with van der Waals surface area (Å²) in [7, 11) is 0. The number of hydrogen-bond donors (Lipinski definition) is 2. The third kappa shape index (κ3) is 0.973. The van der Waals surface area contributed by atoms with Gasteiger partial charge in [-0.15, -0.1) is 0 Å². The van der Waals surface area contributed by atoms with Gasteiger partial charge in [0.2, 0.25) is 0 Å². The SMILES string of the molecule is OC1CN(c2ncnc3nc[nH]c23)C1. The fraction of sp³-hybridized carbons (Fsp3) is 0.375. The molecule has 14 heavy (non-hydrogen) atoms. The summed E-state index contributed by atoms with van der Waals surface area (Å²) in [6.45, 7) is 1.26. The summed E-state index contributed by atoms with van der Waals surface area (Å²) in [6.07, 6.45) is 2.85. The van der Waals surface area contributed by atoms with E-state index in [1.807, 2.05) is 4.90 Å². The topological polar surface area (TPSA) is 77.9 Å². The number of anilines is 1. The zero-order valence-corrected chi connectivity index (χ0v) is 7.38. The molecule has 0 saturated carbocycles. The third-order valence-corrected chi connectivity index (χ3v) is 2.36. The summed E-state index contributed by atoms with van der Waals surface area (Å²) in [6, 6.07) is 0. The molecule has 1 aliphatic heterocycles. The van der Waals surface area contributed by atoms with Gasteiger partial charge in [-0.3, -0.25) is 0 Å². The standard InChI is InChI=1S/C8H9N5O/c14-5-1-13(2-5)8-6-7(10-3-9-6)11-4-12-8/h3-5,14H,1-2H2,(H,9,10,11,12). The largest absolute Gasteiger partial charge is 0.389 e. The fourth-order valence-electron chi connectivity index (χ4n) is 1.62. The van der Waals surface area contributed by atoms with Crippen molar-refractivity contribution >= 4 is 17.0 Å². The second-order valence-electron chi connectivity index (χ2n) is 3.36. The Morgan fingerprint density at radius 3 is 3.00 bits per heavy atom.